The lowest BCUT2D eigenvalue weighted by Crippen LogP contribution is -2.25. The number of esters is 1. The lowest BCUT2D eigenvalue weighted by atomic mass is 10.3. The van der Waals surface area contributed by atoms with Crippen LogP contribution in [0.2, 0.25) is 0 Å². The van der Waals surface area contributed by atoms with Crippen LogP contribution in [0.5, 0.6) is 0 Å². The van der Waals surface area contributed by atoms with E-state index in [2.05, 4.69) is 10.3 Å². The van der Waals surface area contributed by atoms with Crippen LogP contribution in [0, 0.1) is 5.92 Å². The fourth-order valence-corrected chi connectivity index (χ4v) is 2.24. The molecule has 0 atom stereocenters. The molecule has 5 nitrogen and oxygen atoms in total. The summed E-state index contributed by atoms with van der Waals surface area (Å²) in [5.41, 5.74) is 0.291. The molecular weight excluding hydrogens is 252 g/mol. The van der Waals surface area contributed by atoms with Crippen LogP contribution < -0.4 is 5.32 Å². The number of carbonyl (C=O) groups excluding carboxylic acids is 2. The van der Waals surface area contributed by atoms with Gasteiger partial charge in [0.05, 0.1) is 6.61 Å². The van der Waals surface area contributed by atoms with Gasteiger partial charge in [0.25, 0.3) is 5.91 Å². The lowest BCUT2D eigenvalue weighted by molar-refractivity contribution is 0.0526. The number of carbonyl (C=O) groups is 2. The Bertz CT molecular complexity index is 440. The van der Waals surface area contributed by atoms with Crippen LogP contribution in [0.15, 0.2) is 5.38 Å². The third-order valence-corrected chi connectivity index (χ3v) is 3.54. The van der Waals surface area contributed by atoms with E-state index >= 15 is 0 Å². The van der Waals surface area contributed by atoms with Crippen LogP contribution in [0.3, 0.4) is 0 Å². The highest BCUT2D eigenvalue weighted by atomic mass is 32.1. The number of nitrogens with one attached hydrogen (secondary N) is 1. The Balaban J connectivity index is 1.83. The third-order valence-electron chi connectivity index (χ3n) is 2.72. The molecule has 18 heavy (non-hydrogen) atoms. The van der Waals surface area contributed by atoms with Gasteiger partial charge in [-0.3, -0.25) is 4.79 Å². The van der Waals surface area contributed by atoms with Crippen molar-refractivity contribution in [2.24, 2.45) is 5.92 Å². The van der Waals surface area contributed by atoms with E-state index in [1.165, 1.54) is 12.8 Å². The Kier molecular flexibility index (Phi) is 4.30. The zero-order valence-corrected chi connectivity index (χ0v) is 11.1. The second-order valence-electron chi connectivity index (χ2n) is 4.25. The van der Waals surface area contributed by atoms with Gasteiger partial charge in [-0.2, -0.15) is 0 Å². The smallest absolute Gasteiger partial charge is 0.367 e. The van der Waals surface area contributed by atoms with Crippen molar-refractivity contribution in [2.45, 2.75) is 26.2 Å². The van der Waals surface area contributed by atoms with E-state index < -0.39 is 5.97 Å². The van der Waals surface area contributed by atoms with Crippen molar-refractivity contribution in [1.29, 1.82) is 0 Å². The molecule has 0 unspecified atom stereocenters. The average Bonchev–Trinajstić information content (AvgIpc) is 3.04. The van der Waals surface area contributed by atoms with Gasteiger partial charge >= 0.3 is 5.97 Å². The minimum absolute atomic E-state index is 0.220. The molecule has 1 N–H and O–H groups in total. The zero-order chi connectivity index (χ0) is 13.0. The molecule has 2 rings (SSSR count). The number of aromatic nitrogens is 1. The van der Waals surface area contributed by atoms with Gasteiger partial charge in [-0.05, 0) is 19.3 Å². The Morgan fingerprint density at radius 1 is 1.56 bits per heavy atom. The Morgan fingerprint density at radius 3 is 3.00 bits per heavy atom. The fraction of sp³-hybridized carbons (Fsp3) is 0.583. The topological polar surface area (TPSA) is 68.3 Å². The summed E-state index contributed by atoms with van der Waals surface area (Å²) >= 11 is 1.13. The van der Waals surface area contributed by atoms with Crippen molar-refractivity contribution in [2.75, 3.05) is 13.2 Å². The fourth-order valence-electron chi connectivity index (χ4n) is 1.55. The van der Waals surface area contributed by atoms with Gasteiger partial charge in [-0.15, -0.1) is 11.3 Å². The summed E-state index contributed by atoms with van der Waals surface area (Å²) in [5, 5.41) is 4.62. The molecule has 6 heteroatoms. The van der Waals surface area contributed by atoms with Crippen molar-refractivity contribution >= 4 is 23.2 Å². The summed E-state index contributed by atoms with van der Waals surface area (Å²) in [6.45, 7) is 2.72. The summed E-state index contributed by atoms with van der Waals surface area (Å²) in [7, 11) is 0. The van der Waals surface area contributed by atoms with Gasteiger partial charge in [-0.1, -0.05) is 12.8 Å². The molecule has 0 spiro atoms. The van der Waals surface area contributed by atoms with Crippen LogP contribution >= 0.6 is 11.3 Å². The Labute approximate surface area is 110 Å². The van der Waals surface area contributed by atoms with Gasteiger partial charge < -0.3 is 10.1 Å². The SMILES string of the molecule is CCOC(=O)c1nc(C(=O)NCCC2CC2)cs1. The van der Waals surface area contributed by atoms with Crippen LogP contribution in [0.1, 0.15) is 46.5 Å². The summed E-state index contributed by atoms with van der Waals surface area (Å²) in [4.78, 5) is 27.1. The van der Waals surface area contributed by atoms with Crippen molar-refractivity contribution < 1.29 is 14.3 Å². The average molecular weight is 268 g/mol. The normalized spacial score (nSPS) is 14.3. The van der Waals surface area contributed by atoms with Crippen molar-refractivity contribution in [3.05, 3.63) is 16.1 Å². The molecule has 98 valence electrons. The van der Waals surface area contributed by atoms with E-state index in [9.17, 15) is 9.59 Å². The number of rotatable bonds is 6. The van der Waals surface area contributed by atoms with E-state index in [1.54, 1.807) is 12.3 Å². The summed E-state index contributed by atoms with van der Waals surface area (Å²) in [6, 6.07) is 0. The van der Waals surface area contributed by atoms with E-state index in [0.29, 0.717) is 18.8 Å². The summed E-state index contributed by atoms with van der Waals surface area (Å²) < 4.78 is 4.82. The summed E-state index contributed by atoms with van der Waals surface area (Å²) in [5.74, 6) is 0.0952. The number of thiazole rings is 1. The highest BCUT2D eigenvalue weighted by Gasteiger charge is 2.21. The number of amides is 1. The van der Waals surface area contributed by atoms with Crippen molar-refractivity contribution in [1.82, 2.24) is 10.3 Å². The molecule has 1 aliphatic carbocycles. The first-order valence-electron chi connectivity index (χ1n) is 6.11. The first-order valence-corrected chi connectivity index (χ1v) is 6.99. The monoisotopic (exact) mass is 268 g/mol. The third kappa shape index (κ3) is 3.53. The Morgan fingerprint density at radius 2 is 2.33 bits per heavy atom. The summed E-state index contributed by atoms with van der Waals surface area (Å²) in [6.07, 6.45) is 3.58. The predicted molar refractivity (Wildman–Crippen MR) is 67.7 cm³/mol. The molecule has 1 aromatic heterocycles. The standard InChI is InChI=1S/C12H16N2O3S/c1-2-17-12(16)11-14-9(7-18-11)10(15)13-6-5-8-3-4-8/h7-8H,2-6H2,1H3,(H,13,15). The van der Waals surface area contributed by atoms with Gasteiger partial charge in [-0.25, -0.2) is 9.78 Å². The molecule has 1 aliphatic rings. The molecule has 1 fully saturated rings. The maximum atomic E-state index is 11.7. The number of ether oxygens (including phenoxy) is 1. The molecule has 0 bridgehead atoms. The maximum absolute atomic E-state index is 11.7. The highest BCUT2D eigenvalue weighted by Crippen LogP contribution is 2.31. The molecule has 0 aliphatic heterocycles. The van der Waals surface area contributed by atoms with Crippen LogP contribution in [0.4, 0.5) is 0 Å². The molecule has 1 saturated carbocycles. The minimum Gasteiger partial charge on any atom is -0.461 e. The van der Waals surface area contributed by atoms with Gasteiger partial charge in [0, 0.05) is 11.9 Å². The lowest BCUT2D eigenvalue weighted by Gasteiger charge is -2.01. The molecule has 0 aromatic carbocycles. The van der Waals surface area contributed by atoms with E-state index in [0.717, 1.165) is 23.7 Å². The largest absolute Gasteiger partial charge is 0.461 e. The van der Waals surface area contributed by atoms with E-state index in [-0.39, 0.29) is 10.9 Å². The second kappa shape index (κ2) is 5.95. The Hall–Kier alpha value is -1.43. The molecule has 0 radical (unpaired) electrons. The van der Waals surface area contributed by atoms with Crippen molar-refractivity contribution in [3.63, 3.8) is 0 Å². The molecular formula is C12H16N2O3S. The molecule has 1 aromatic rings. The molecule has 0 saturated heterocycles. The van der Waals surface area contributed by atoms with Crippen LogP contribution in [-0.4, -0.2) is 30.0 Å². The predicted octanol–water partition coefficient (Wildman–Crippen LogP) is 1.85. The second-order valence-corrected chi connectivity index (χ2v) is 5.10. The highest BCUT2D eigenvalue weighted by molar-refractivity contribution is 7.11. The number of hydrogen-bond acceptors (Lipinski definition) is 5. The van der Waals surface area contributed by atoms with Gasteiger partial charge in [0.2, 0.25) is 5.01 Å². The number of nitrogens with zero attached hydrogens (tertiary/aromatic N) is 1. The zero-order valence-electron chi connectivity index (χ0n) is 10.3. The first kappa shape index (κ1) is 13.0. The van der Waals surface area contributed by atoms with Gasteiger partial charge in [0.15, 0.2) is 0 Å². The molecule has 1 amide bonds. The minimum atomic E-state index is -0.473. The van der Waals surface area contributed by atoms with Crippen LogP contribution in [0.25, 0.3) is 0 Å². The van der Waals surface area contributed by atoms with E-state index in [4.69, 9.17) is 4.74 Å². The molecule has 1 heterocycles. The number of hydrogen-bond donors (Lipinski definition) is 1. The van der Waals surface area contributed by atoms with E-state index in [1.807, 2.05) is 0 Å². The van der Waals surface area contributed by atoms with Crippen molar-refractivity contribution in [3.8, 4) is 0 Å². The van der Waals surface area contributed by atoms with Crippen LogP contribution in [-0.2, 0) is 4.74 Å². The van der Waals surface area contributed by atoms with Gasteiger partial charge in [0.1, 0.15) is 5.69 Å². The maximum Gasteiger partial charge on any atom is 0.367 e. The first-order chi connectivity index (χ1) is 8.70. The quantitative estimate of drug-likeness (QED) is 0.799.